The van der Waals surface area contributed by atoms with Crippen molar-refractivity contribution in [3.05, 3.63) is 69.8 Å². The second-order valence-corrected chi connectivity index (χ2v) is 9.67. The molecule has 0 saturated carbocycles. The van der Waals surface area contributed by atoms with Crippen LogP contribution in [-0.4, -0.2) is 59.7 Å². The molecule has 192 valence electrons. The maximum atomic E-state index is 13.1. The Kier molecular flexibility index (Phi) is 11.0. The van der Waals surface area contributed by atoms with Crippen LogP contribution in [0.25, 0.3) is 0 Å². The summed E-state index contributed by atoms with van der Waals surface area (Å²) in [6, 6.07) is 11.9. The molecular weight excluding hydrogens is 434 g/mol. The van der Waals surface area contributed by atoms with Crippen LogP contribution in [-0.2, 0) is 13.1 Å². The summed E-state index contributed by atoms with van der Waals surface area (Å²) in [5.74, 6) is 0.535. The Morgan fingerprint density at radius 3 is 1.91 bits per heavy atom. The Morgan fingerprint density at radius 1 is 0.800 bits per heavy atom. The molecule has 2 amide bonds. The summed E-state index contributed by atoms with van der Waals surface area (Å²) < 4.78 is 0. The van der Waals surface area contributed by atoms with Crippen molar-refractivity contribution in [1.29, 1.82) is 0 Å². The third-order valence-electron chi connectivity index (χ3n) is 6.40. The lowest BCUT2D eigenvalue weighted by atomic mass is 9.95. The van der Waals surface area contributed by atoms with Crippen molar-refractivity contribution in [1.82, 2.24) is 14.7 Å². The number of benzene rings is 2. The molecular formula is C30H45N3O2. The minimum Gasteiger partial charge on any atom is -0.336 e. The average Bonchev–Trinajstić information content (AvgIpc) is 3.29. The van der Waals surface area contributed by atoms with Gasteiger partial charge in [0.25, 0.3) is 11.8 Å². The molecule has 2 aliphatic heterocycles. The van der Waals surface area contributed by atoms with Gasteiger partial charge in [0.05, 0.1) is 0 Å². The highest BCUT2D eigenvalue weighted by atomic mass is 16.2. The SMILES string of the molecule is CC.CCC.Cc1ccc(C(=O)N2Cc3ccc(C(=O)N4CCN(C)CC4)cc3C2)cc1C(C)C. The van der Waals surface area contributed by atoms with Crippen molar-refractivity contribution >= 4 is 11.8 Å². The Labute approximate surface area is 213 Å². The molecule has 0 unspecified atom stereocenters. The first-order valence-electron chi connectivity index (χ1n) is 13.2. The van der Waals surface area contributed by atoms with E-state index in [-0.39, 0.29) is 11.8 Å². The molecule has 0 atom stereocenters. The van der Waals surface area contributed by atoms with E-state index in [1.807, 2.05) is 60.0 Å². The van der Waals surface area contributed by atoms with Gasteiger partial charge in [0.2, 0.25) is 0 Å². The fourth-order valence-corrected chi connectivity index (χ4v) is 4.44. The van der Waals surface area contributed by atoms with E-state index in [1.165, 1.54) is 17.5 Å². The van der Waals surface area contributed by atoms with E-state index in [9.17, 15) is 9.59 Å². The summed E-state index contributed by atoms with van der Waals surface area (Å²) in [4.78, 5) is 32.1. The predicted octanol–water partition coefficient (Wildman–Crippen LogP) is 6.10. The van der Waals surface area contributed by atoms with Crippen molar-refractivity contribution in [2.45, 2.75) is 73.9 Å². The average molecular weight is 480 g/mol. The van der Waals surface area contributed by atoms with Gasteiger partial charge in [0.15, 0.2) is 0 Å². The van der Waals surface area contributed by atoms with Gasteiger partial charge in [0.1, 0.15) is 0 Å². The minimum absolute atomic E-state index is 0.0556. The topological polar surface area (TPSA) is 43.9 Å². The van der Waals surface area contributed by atoms with Crippen LogP contribution in [0.3, 0.4) is 0 Å². The fourth-order valence-electron chi connectivity index (χ4n) is 4.44. The third kappa shape index (κ3) is 7.17. The maximum Gasteiger partial charge on any atom is 0.254 e. The largest absolute Gasteiger partial charge is 0.336 e. The Bertz CT molecular complexity index is 991. The van der Waals surface area contributed by atoms with Gasteiger partial charge in [-0.15, -0.1) is 0 Å². The number of hydrogen-bond acceptors (Lipinski definition) is 3. The van der Waals surface area contributed by atoms with Gasteiger partial charge in [-0.1, -0.05) is 60.1 Å². The normalized spacial score (nSPS) is 15.1. The summed E-state index contributed by atoms with van der Waals surface area (Å²) in [5.41, 5.74) is 6.13. The van der Waals surface area contributed by atoms with Crippen LogP contribution in [0, 0.1) is 6.92 Å². The van der Waals surface area contributed by atoms with E-state index < -0.39 is 0 Å². The molecule has 5 heteroatoms. The van der Waals surface area contributed by atoms with E-state index in [1.54, 1.807) is 0 Å². The van der Waals surface area contributed by atoms with Crippen molar-refractivity contribution in [3.8, 4) is 0 Å². The monoisotopic (exact) mass is 479 g/mol. The van der Waals surface area contributed by atoms with Gasteiger partial charge in [-0.2, -0.15) is 0 Å². The molecule has 2 aromatic carbocycles. The third-order valence-corrected chi connectivity index (χ3v) is 6.40. The molecule has 0 spiro atoms. The highest BCUT2D eigenvalue weighted by molar-refractivity contribution is 5.96. The summed E-state index contributed by atoms with van der Waals surface area (Å²) in [6.45, 7) is 19.2. The van der Waals surface area contributed by atoms with Crippen LogP contribution in [0.2, 0.25) is 0 Å². The van der Waals surface area contributed by atoms with Crippen LogP contribution in [0.4, 0.5) is 0 Å². The predicted molar refractivity (Wildman–Crippen MR) is 146 cm³/mol. The number of amides is 2. The molecule has 0 bridgehead atoms. The van der Waals surface area contributed by atoms with E-state index in [2.05, 4.69) is 46.6 Å². The summed E-state index contributed by atoms with van der Waals surface area (Å²) in [5, 5.41) is 0. The zero-order valence-corrected chi connectivity index (χ0v) is 23.1. The van der Waals surface area contributed by atoms with E-state index in [4.69, 9.17) is 0 Å². The number of fused-ring (bicyclic) bond motifs is 1. The van der Waals surface area contributed by atoms with Gasteiger partial charge in [0, 0.05) is 50.4 Å². The van der Waals surface area contributed by atoms with Crippen molar-refractivity contribution in [3.63, 3.8) is 0 Å². The molecule has 1 fully saturated rings. The number of carbonyl (C=O) groups excluding carboxylic acids is 2. The number of carbonyl (C=O) groups is 2. The number of nitrogens with zero attached hydrogens (tertiary/aromatic N) is 3. The zero-order valence-electron chi connectivity index (χ0n) is 23.1. The van der Waals surface area contributed by atoms with Crippen LogP contribution < -0.4 is 0 Å². The van der Waals surface area contributed by atoms with Crippen molar-refractivity contribution < 1.29 is 9.59 Å². The zero-order chi connectivity index (χ0) is 26.1. The van der Waals surface area contributed by atoms with Gasteiger partial charge in [-0.25, -0.2) is 0 Å². The van der Waals surface area contributed by atoms with Crippen molar-refractivity contribution in [2.24, 2.45) is 0 Å². The molecule has 5 nitrogen and oxygen atoms in total. The highest BCUT2D eigenvalue weighted by Crippen LogP contribution is 2.27. The van der Waals surface area contributed by atoms with E-state index >= 15 is 0 Å². The molecule has 2 heterocycles. The van der Waals surface area contributed by atoms with Crippen LogP contribution in [0.1, 0.15) is 96.9 Å². The second-order valence-electron chi connectivity index (χ2n) is 9.67. The Morgan fingerprint density at radius 2 is 1.31 bits per heavy atom. The molecule has 0 N–H and O–H groups in total. The maximum absolute atomic E-state index is 13.1. The quantitative estimate of drug-likeness (QED) is 0.534. The summed E-state index contributed by atoms with van der Waals surface area (Å²) in [6.07, 6.45) is 1.25. The minimum atomic E-state index is 0.0556. The smallest absolute Gasteiger partial charge is 0.254 e. The highest BCUT2D eigenvalue weighted by Gasteiger charge is 2.27. The van der Waals surface area contributed by atoms with Gasteiger partial charge >= 0.3 is 0 Å². The molecule has 4 rings (SSSR count). The van der Waals surface area contributed by atoms with E-state index in [0.717, 1.165) is 48.4 Å². The lowest BCUT2D eigenvalue weighted by Gasteiger charge is -2.32. The van der Waals surface area contributed by atoms with Crippen LogP contribution >= 0.6 is 0 Å². The molecule has 1 saturated heterocycles. The number of rotatable bonds is 3. The standard InChI is InChI=1S/C25H31N3O2.C3H8.C2H6/c1-17(2)23-14-20(6-5-18(23)3)25(30)28-15-21-8-7-19(13-22(21)16-28)24(29)27-11-9-26(4)10-12-27;1-3-2;1-2/h5-8,13-14,17H,9-12,15-16H2,1-4H3;3H2,1-2H3;1-2H3. The number of piperazine rings is 1. The molecule has 2 aromatic rings. The van der Waals surface area contributed by atoms with Crippen LogP contribution in [0.5, 0.6) is 0 Å². The molecule has 0 aliphatic carbocycles. The van der Waals surface area contributed by atoms with Gasteiger partial charge in [-0.05, 0) is 66.4 Å². The van der Waals surface area contributed by atoms with Gasteiger partial charge in [-0.3, -0.25) is 9.59 Å². The van der Waals surface area contributed by atoms with E-state index in [0.29, 0.717) is 19.0 Å². The Balaban J connectivity index is 0.000000803. The Hall–Kier alpha value is -2.66. The fraction of sp³-hybridized carbons (Fsp3) is 0.533. The lowest BCUT2D eigenvalue weighted by molar-refractivity contribution is 0.0663. The number of hydrogen-bond donors (Lipinski definition) is 0. The first-order chi connectivity index (χ1) is 16.7. The molecule has 2 aliphatic rings. The van der Waals surface area contributed by atoms with Crippen molar-refractivity contribution in [2.75, 3.05) is 33.2 Å². The lowest BCUT2D eigenvalue weighted by Crippen LogP contribution is -2.47. The summed E-state index contributed by atoms with van der Waals surface area (Å²) >= 11 is 0. The van der Waals surface area contributed by atoms with Gasteiger partial charge < -0.3 is 14.7 Å². The first-order valence-corrected chi connectivity index (χ1v) is 13.2. The molecule has 0 aromatic heterocycles. The summed E-state index contributed by atoms with van der Waals surface area (Å²) in [7, 11) is 2.08. The van der Waals surface area contributed by atoms with Crippen LogP contribution in [0.15, 0.2) is 36.4 Å². The number of aryl methyl sites for hydroxylation is 1. The first kappa shape index (κ1) is 28.6. The molecule has 0 radical (unpaired) electrons. The second kappa shape index (κ2) is 13.4. The number of likely N-dealkylation sites (N-methyl/N-ethyl adjacent to an activating group) is 1. The molecule has 35 heavy (non-hydrogen) atoms.